The van der Waals surface area contributed by atoms with Gasteiger partial charge in [-0.2, -0.15) is 5.26 Å². The summed E-state index contributed by atoms with van der Waals surface area (Å²) < 4.78 is 4.82. The number of nitrogens with zero attached hydrogens (tertiary/aromatic N) is 1. The summed E-state index contributed by atoms with van der Waals surface area (Å²) in [7, 11) is 0. The Balaban J connectivity index is 2.76. The van der Waals surface area contributed by atoms with E-state index in [1.54, 1.807) is 6.92 Å². The van der Waals surface area contributed by atoms with Gasteiger partial charge in [0, 0.05) is 5.92 Å². The van der Waals surface area contributed by atoms with Crippen LogP contribution in [0.4, 0.5) is 0 Å². The number of ether oxygens (including phenoxy) is 1. The van der Waals surface area contributed by atoms with Gasteiger partial charge in [-0.05, 0) is 6.92 Å². The summed E-state index contributed by atoms with van der Waals surface area (Å²) in [5.74, 6) is -0.880. The molecule has 0 radical (unpaired) electrons. The highest BCUT2D eigenvalue weighted by molar-refractivity contribution is 5.77. The molecule has 3 heteroatoms. The average Bonchev–Trinajstić information content (AvgIpc) is 2.09. The Labute approximate surface area is 59.6 Å². The Bertz CT molecular complexity index is 194. The normalized spacial score (nSPS) is 38.9. The van der Waals surface area contributed by atoms with Crippen molar-refractivity contribution in [1.29, 1.82) is 5.26 Å². The molecule has 3 nitrogen and oxygen atoms in total. The largest absolute Gasteiger partial charge is 0.461 e. The molecule has 0 aromatic rings. The fourth-order valence-electron chi connectivity index (χ4n) is 1.02. The minimum atomic E-state index is -0.546. The standard InChI is InChI=1S/C7H9NO2/c1-4-5(2)10-7(9)6(4)3-8/h4-6H,1-2H3. The maximum absolute atomic E-state index is 10.8. The summed E-state index contributed by atoms with van der Waals surface area (Å²) in [6.45, 7) is 3.66. The van der Waals surface area contributed by atoms with Crippen LogP contribution in [0, 0.1) is 23.2 Å². The lowest BCUT2D eigenvalue weighted by Crippen LogP contribution is -2.13. The van der Waals surface area contributed by atoms with E-state index < -0.39 is 5.92 Å². The summed E-state index contributed by atoms with van der Waals surface area (Å²) in [4.78, 5) is 10.8. The molecule has 3 atom stereocenters. The van der Waals surface area contributed by atoms with Gasteiger partial charge in [-0.1, -0.05) is 6.92 Å². The summed E-state index contributed by atoms with van der Waals surface area (Å²) in [5.41, 5.74) is 0. The zero-order chi connectivity index (χ0) is 7.72. The quantitative estimate of drug-likeness (QED) is 0.464. The molecule has 3 unspecified atom stereocenters. The highest BCUT2D eigenvalue weighted by Crippen LogP contribution is 2.26. The molecule has 0 N–H and O–H groups in total. The third-order valence-electron chi connectivity index (χ3n) is 1.96. The van der Waals surface area contributed by atoms with Crippen LogP contribution in [0.15, 0.2) is 0 Å². The Morgan fingerprint density at radius 3 is 2.40 bits per heavy atom. The molecule has 1 aliphatic rings. The smallest absolute Gasteiger partial charge is 0.324 e. The van der Waals surface area contributed by atoms with Crippen LogP contribution < -0.4 is 0 Å². The van der Waals surface area contributed by atoms with Crippen molar-refractivity contribution in [1.82, 2.24) is 0 Å². The van der Waals surface area contributed by atoms with Gasteiger partial charge in [0.05, 0.1) is 6.07 Å². The predicted octanol–water partition coefficient (Wildman–Crippen LogP) is 0.708. The van der Waals surface area contributed by atoms with Crippen LogP contribution in [-0.4, -0.2) is 12.1 Å². The first-order chi connectivity index (χ1) is 4.66. The number of esters is 1. The van der Waals surface area contributed by atoms with Crippen molar-refractivity contribution in [2.24, 2.45) is 11.8 Å². The molecule has 0 amide bonds. The number of carbonyl (C=O) groups excluding carboxylic acids is 1. The molecule has 0 aromatic carbocycles. The van der Waals surface area contributed by atoms with Crippen molar-refractivity contribution in [3.63, 3.8) is 0 Å². The maximum Gasteiger partial charge on any atom is 0.324 e. The number of hydrogen-bond donors (Lipinski definition) is 0. The summed E-state index contributed by atoms with van der Waals surface area (Å²) in [6, 6.07) is 1.92. The minimum Gasteiger partial charge on any atom is -0.461 e. The highest BCUT2D eigenvalue weighted by atomic mass is 16.6. The van der Waals surface area contributed by atoms with Crippen LogP contribution >= 0.6 is 0 Å². The molecule has 1 heterocycles. The highest BCUT2D eigenvalue weighted by Gasteiger charge is 2.39. The van der Waals surface area contributed by atoms with E-state index >= 15 is 0 Å². The molecule has 0 spiro atoms. The van der Waals surface area contributed by atoms with E-state index in [2.05, 4.69) is 0 Å². The number of carbonyl (C=O) groups is 1. The molecule has 10 heavy (non-hydrogen) atoms. The lowest BCUT2D eigenvalue weighted by atomic mass is 9.95. The van der Waals surface area contributed by atoms with E-state index in [4.69, 9.17) is 10.00 Å². The SMILES string of the molecule is CC1OC(=O)C(C#N)C1C. The second-order valence-corrected chi connectivity index (χ2v) is 2.61. The molecule has 1 saturated heterocycles. The second-order valence-electron chi connectivity index (χ2n) is 2.61. The monoisotopic (exact) mass is 139 g/mol. The van der Waals surface area contributed by atoms with E-state index in [-0.39, 0.29) is 18.0 Å². The van der Waals surface area contributed by atoms with Crippen molar-refractivity contribution >= 4 is 5.97 Å². The fourth-order valence-corrected chi connectivity index (χ4v) is 1.02. The van der Waals surface area contributed by atoms with Crippen LogP contribution in [0.5, 0.6) is 0 Å². The zero-order valence-corrected chi connectivity index (χ0v) is 6.00. The molecule has 0 saturated carbocycles. The van der Waals surface area contributed by atoms with Gasteiger partial charge in [0.2, 0.25) is 0 Å². The van der Waals surface area contributed by atoms with E-state index in [0.29, 0.717) is 0 Å². The topological polar surface area (TPSA) is 50.1 Å². The Hall–Kier alpha value is -1.04. The van der Waals surface area contributed by atoms with Gasteiger partial charge in [0.1, 0.15) is 12.0 Å². The lowest BCUT2D eigenvalue weighted by Gasteiger charge is -2.05. The molecule has 54 valence electrons. The van der Waals surface area contributed by atoms with Gasteiger partial charge in [0.25, 0.3) is 0 Å². The first kappa shape index (κ1) is 7.07. The molecule has 0 bridgehead atoms. The number of nitriles is 1. The van der Waals surface area contributed by atoms with Crippen molar-refractivity contribution in [3.8, 4) is 6.07 Å². The van der Waals surface area contributed by atoms with Gasteiger partial charge in [-0.3, -0.25) is 4.79 Å². The molecular weight excluding hydrogens is 130 g/mol. The van der Waals surface area contributed by atoms with Gasteiger partial charge in [-0.25, -0.2) is 0 Å². The van der Waals surface area contributed by atoms with E-state index in [9.17, 15) is 4.79 Å². The maximum atomic E-state index is 10.8. The van der Waals surface area contributed by atoms with E-state index in [0.717, 1.165) is 0 Å². The average molecular weight is 139 g/mol. The van der Waals surface area contributed by atoms with E-state index in [1.165, 1.54) is 0 Å². The summed E-state index contributed by atoms with van der Waals surface area (Å²) in [6.07, 6.45) is -0.0999. The molecule has 1 aliphatic heterocycles. The Kier molecular flexibility index (Phi) is 1.62. The Morgan fingerprint density at radius 1 is 1.60 bits per heavy atom. The van der Waals surface area contributed by atoms with Crippen LogP contribution in [-0.2, 0) is 9.53 Å². The zero-order valence-electron chi connectivity index (χ0n) is 6.00. The Morgan fingerprint density at radius 2 is 2.20 bits per heavy atom. The van der Waals surface area contributed by atoms with Gasteiger partial charge in [-0.15, -0.1) is 0 Å². The molecular formula is C7H9NO2. The van der Waals surface area contributed by atoms with Crippen molar-refractivity contribution in [2.45, 2.75) is 20.0 Å². The van der Waals surface area contributed by atoms with Gasteiger partial charge >= 0.3 is 5.97 Å². The number of hydrogen-bond acceptors (Lipinski definition) is 3. The third-order valence-corrected chi connectivity index (χ3v) is 1.96. The van der Waals surface area contributed by atoms with Gasteiger partial charge in [0.15, 0.2) is 0 Å². The summed E-state index contributed by atoms with van der Waals surface area (Å²) >= 11 is 0. The number of cyclic esters (lactones) is 1. The number of rotatable bonds is 0. The molecule has 1 fully saturated rings. The van der Waals surface area contributed by atoms with Crippen LogP contribution in [0.3, 0.4) is 0 Å². The first-order valence-corrected chi connectivity index (χ1v) is 3.27. The predicted molar refractivity (Wildman–Crippen MR) is 33.8 cm³/mol. The van der Waals surface area contributed by atoms with Crippen LogP contribution in [0.25, 0.3) is 0 Å². The van der Waals surface area contributed by atoms with Crippen molar-refractivity contribution in [3.05, 3.63) is 0 Å². The summed E-state index contributed by atoms with van der Waals surface area (Å²) in [5, 5.41) is 8.47. The van der Waals surface area contributed by atoms with E-state index in [1.807, 2.05) is 13.0 Å². The van der Waals surface area contributed by atoms with Crippen molar-refractivity contribution < 1.29 is 9.53 Å². The third kappa shape index (κ3) is 0.860. The van der Waals surface area contributed by atoms with Crippen LogP contribution in [0.1, 0.15) is 13.8 Å². The first-order valence-electron chi connectivity index (χ1n) is 3.27. The molecule has 0 aromatic heterocycles. The minimum absolute atomic E-state index is 0.0394. The molecule has 1 rings (SSSR count). The van der Waals surface area contributed by atoms with Crippen LogP contribution in [0.2, 0.25) is 0 Å². The molecule has 0 aliphatic carbocycles. The van der Waals surface area contributed by atoms with Gasteiger partial charge < -0.3 is 4.74 Å². The second kappa shape index (κ2) is 2.30. The fraction of sp³-hybridized carbons (Fsp3) is 0.714. The lowest BCUT2D eigenvalue weighted by molar-refractivity contribution is -0.142. The van der Waals surface area contributed by atoms with Crippen molar-refractivity contribution in [2.75, 3.05) is 0 Å².